The zero-order valence-electron chi connectivity index (χ0n) is 11.0. The molecular formula is C15H15N3OS. The third-order valence-electron chi connectivity index (χ3n) is 2.69. The number of rotatable bonds is 3. The largest absolute Gasteiger partial charge is 0.376 e. The Hall–Kier alpha value is -2.40. The van der Waals surface area contributed by atoms with Crippen molar-refractivity contribution in [3.05, 3.63) is 59.7 Å². The fraction of sp³-hybridized carbons (Fsp3) is 0.0667. The van der Waals surface area contributed by atoms with Gasteiger partial charge in [0.2, 0.25) is 0 Å². The Labute approximate surface area is 123 Å². The van der Waals surface area contributed by atoms with E-state index in [9.17, 15) is 4.79 Å². The van der Waals surface area contributed by atoms with Crippen molar-refractivity contribution in [2.24, 2.45) is 5.73 Å². The molecule has 20 heavy (non-hydrogen) atoms. The maximum absolute atomic E-state index is 12.1. The number of aryl methyl sites for hydroxylation is 1. The molecule has 4 nitrogen and oxygen atoms in total. The van der Waals surface area contributed by atoms with Crippen LogP contribution in [0.3, 0.4) is 0 Å². The van der Waals surface area contributed by atoms with Crippen molar-refractivity contribution >= 4 is 34.6 Å². The molecule has 0 radical (unpaired) electrons. The number of carbonyl (C=O) groups is 1. The summed E-state index contributed by atoms with van der Waals surface area (Å²) in [5.41, 5.74) is 8.56. The van der Waals surface area contributed by atoms with E-state index in [1.165, 1.54) is 0 Å². The van der Waals surface area contributed by atoms with Crippen LogP contribution in [0.2, 0.25) is 0 Å². The number of benzene rings is 2. The molecule has 0 fully saturated rings. The van der Waals surface area contributed by atoms with E-state index in [0.29, 0.717) is 11.3 Å². The van der Waals surface area contributed by atoms with Crippen molar-refractivity contribution in [3.8, 4) is 0 Å². The first kappa shape index (κ1) is 14.0. The SMILES string of the molecule is Cc1cccc(C(=O)Nc2ccc(NC(N)=S)cc2)c1. The number of nitrogens with one attached hydrogen (secondary N) is 2. The molecule has 0 aliphatic carbocycles. The number of nitrogens with two attached hydrogens (primary N) is 1. The van der Waals surface area contributed by atoms with Crippen LogP contribution in [0.4, 0.5) is 11.4 Å². The Bertz CT molecular complexity index is 638. The maximum atomic E-state index is 12.1. The molecule has 0 saturated heterocycles. The van der Waals surface area contributed by atoms with Crippen molar-refractivity contribution in [3.63, 3.8) is 0 Å². The van der Waals surface area contributed by atoms with E-state index in [4.69, 9.17) is 18.0 Å². The lowest BCUT2D eigenvalue weighted by Crippen LogP contribution is -2.18. The van der Waals surface area contributed by atoms with E-state index in [1.54, 1.807) is 30.3 Å². The molecule has 0 bridgehead atoms. The number of carbonyl (C=O) groups excluding carboxylic acids is 1. The van der Waals surface area contributed by atoms with Gasteiger partial charge >= 0.3 is 0 Å². The minimum atomic E-state index is -0.135. The predicted molar refractivity (Wildman–Crippen MR) is 86.0 cm³/mol. The number of anilines is 2. The van der Waals surface area contributed by atoms with E-state index >= 15 is 0 Å². The number of hydrogen-bond acceptors (Lipinski definition) is 2. The second-order valence-corrected chi connectivity index (χ2v) is 4.83. The summed E-state index contributed by atoms with van der Waals surface area (Å²) in [4.78, 5) is 12.1. The highest BCUT2D eigenvalue weighted by Crippen LogP contribution is 2.15. The Morgan fingerprint density at radius 1 is 1.05 bits per heavy atom. The van der Waals surface area contributed by atoms with Gasteiger partial charge in [0, 0.05) is 16.9 Å². The highest BCUT2D eigenvalue weighted by molar-refractivity contribution is 7.80. The van der Waals surface area contributed by atoms with Gasteiger partial charge in [-0.05, 0) is 55.5 Å². The second-order valence-electron chi connectivity index (χ2n) is 4.39. The van der Waals surface area contributed by atoms with Crippen molar-refractivity contribution < 1.29 is 4.79 Å². The molecule has 0 spiro atoms. The van der Waals surface area contributed by atoms with Gasteiger partial charge in [0.1, 0.15) is 0 Å². The van der Waals surface area contributed by atoms with Crippen LogP contribution in [-0.2, 0) is 0 Å². The molecule has 0 aromatic heterocycles. The van der Waals surface area contributed by atoms with Gasteiger partial charge in [-0.25, -0.2) is 0 Å². The molecule has 0 unspecified atom stereocenters. The Balaban J connectivity index is 2.06. The molecule has 4 N–H and O–H groups in total. The Morgan fingerprint density at radius 2 is 1.65 bits per heavy atom. The normalized spacial score (nSPS) is 9.85. The van der Waals surface area contributed by atoms with E-state index in [1.807, 2.05) is 25.1 Å². The molecule has 2 aromatic rings. The van der Waals surface area contributed by atoms with Crippen LogP contribution in [0, 0.1) is 6.92 Å². The van der Waals surface area contributed by atoms with Crippen molar-refractivity contribution in [2.45, 2.75) is 6.92 Å². The van der Waals surface area contributed by atoms with Gasteiger partial charge in [-0.3, -0.25) is 4.79 Å². The molecule has 2 aromatic carbocycles. The number of hydrogen-bond donors (Lipinski definition) is 3. The summed E-state index contributed by atoms with van der Waals surface area (Å²) >= 11 is 4.75. The van der Waals surface area contributed by atoms with E-state index < -0.39 is 0 Å². The molecule has 0 saturated carbocycles. The lowest BCUT2D eigenvalue weighted by atomic mass is 10.1. The van der Waals surface area contributed by atoms with Crippen LogP contribution < -0.4 is 16.4 Å². The van der Waals surface area contributed by atoms with Gasteiger partial charge in [-0.2, -0.15) is 0 Å². The zero-order chi connectivity index (χ0) is 14.5. The van der Waals surface area contributed by atoms with Crippen molar-refractivity contribution in [1.82, 2.24) is 0 Å². The highest BCUT2D eigenvalue weighted by atomic mass is 32.1. The molecule has 0 aliphatic rings. The Morgan fingerprint density at radius 3 is 2.20 bits per heavy atom. The van der Waals surface area contributed by atoms with Crippen LogP contribution in [0.15, 0.2) is 48.5 Å². The summed E-state index contributed by atoms with van der Waals surface area (Å²) in [6.45, 7) is 1.95. The maximum Gasteiger partial charge on any atom is 0.255 e. The lowest BCUT2D eigenvalue weighted by molar-refractivity contribution is 0.102. The molecule has 1 amide bonds. The van der Waals surface area contributed by atoms with E-state index in [-0.39, 0.29) is 11.0 Å². The summed E-state index contributed by atoms with van der Waals surface area (Å²) < 4.78 is 0. The van der Waals surface area contributed by atoms with Crippen LogP contribution in [-0.4, -0.2) is 11.0 Å². The third kappa shape index (κ3) is 3.80. The Kier molecular flexibility index (Phi) is 4.32. The first-order valence-corrected chi connectivity index (χ1v) is 6.50. The summed E-state index contributed by atoms with van der Waals surface area (Å²) in [6, 6.07) is 14.6. The quantitative estimate of drug-likeness (QED) is 0.759. The number of amides is 1. The van der Waals surface area contributed by atoms with Crippen LogP contribution >= 0.6 is 12.2 Å². The monoisotopic (exact) mass is 285 g/mol. The minimum Gasteiger partial charge on any atom is -0.376 e. The van der Waals surface area contributed by atoms with Gasteiger partial charge in [-0.15, -0.1) is 0 Å². The molecule has 2 rings (SSSR count). The van der Waals surface area contributed by atoms with Crippen molar-refractivity contribution in [2.75, 3.05) is 10.6 Å². The lowest BCUT2D eigenvalue weighted by Gasteiger charge is -2.08. The zero-order valence-corrected chi connectivity index (χ0v) is 11.8. The highest BCUT2D eigenvalue weighted by Gasteiger charge is 2.05. The first-order valence-electron chi connectivity index (χ1n) is 6.09. The predicted octanol–water partition coefficient (Wildman–Crippen LogP) is 2.90. The molecule has 0 heterocycles. The van der Waals surface area contributed by atoms with Crippen LogP contribution in [0.25, 0.3) is 0 Å². The standard InChI is InChI=1S/C15H15N3OS/c1-10-3-2-4-11(9-10)14(19)17-12-5-7-13(8-6-12)18-15(16)20/h2-9H,1H3,(H,17,19)(H3,16,18,20). The first-order chi connectivity index (χ1) is 9.54. The van der Waals surface area contributed by atoms with E-state index in [0.717, 1.165) is 11.3 Å². The molecule has 0 aliphatic heterocycles. The second kappa shape index (κ2) is 6.16. The number of thiocarbonyl (C=S) groups is 1. The van der Waals surface area contributed by atoms with Gasteiger partial charge in [0.25, 0.3) is 5.91 Å². The van der Waals surface area contributed by atoms with Gasteiger partial charge in [0.05, 0.1) is 0 Å². The van der Waals surface area contributed by atoms with Gasteiger partial charge in [-0.1, -0.05) is 17.7 Å². The summed E-state index contributed by atoms with van der Waals surface area (Å²) in [5, 5.41) is 5.87. The van der Waals surface area contributed by atoms with Crippen LogP contribution in [0.1, 0.15) is 15.9 Å². The van der Waals surface area contributed by atoms with Crippen molar-refractivity contribution in [1.29, 1.82) is 0 Å². The summed E-state index contributed by atoms with van der Waals surface area (Å²) in [6.07, 6.45) is 0. The summed E-state index contributed by atoms with van der Waals surface area (Å²) in [7, 11) is 0. The topological polar surface area (TPSA) is 67.2 Å². The molecule has 5 heteroatoms. The third-order valence-corrected chi connectivity index (χ3v) is 2.79. The minimum absolute atomic E-state index is 0.135. The van der Waals surface area contributed by atoms with E-state index in [2.05, 4.69) is 10.6 Å². The molecular weight excluding hydrogens is 270 g/mol. The molecule has 102 valence electrons. The molecule has 0 atom stereocenters. The van der Waals surface area contributed by atoms with Gasteiger partial charge < -0.3 is 16.4 Å². The average Bonchev–Trinajstić information content (AvgIpc) is 2.40. The van der Waals surface area contributed by atoms with Gasteiger partial charge in [0.15, 0.2) is 5.11 Å². The summed E-state index contributed by atoms with van der Waals surface area (Å²) in [5.74, 6) is -0.135. The smallest absolute Gasteiger partial charge is 0.255 e. The van der Waals surface area contributed by atoms with Crippen LogP contribution in [0.5, 0.6) is 0 Å². The fourth-order valence-electron chi connectivity index (χ4n) is 1.77. The average molecular weight is 285 g/mol. The fourth-order valence-corrected chi connectivity index (χ4v) is 1.89.